The normalized spacial score (nSPS) is 22.5. The van der Waals surface area contributed by atoms with Crippen molar-refractivity contribution in [1.29, 1.82) is 0 Å². The first-order chi connectivity index (χ1) is 25.0. The maximum atomic E-state index is 14.5. The molecule has 1 saturated heterocycles. The third-order valence-electron chi connectivity index (χ3n) is 8.64. The predicted octanol–water partition coefficient (Wildman–Crippen LogP) is 3.72. The number of nitrogen functional groups attached to an aromatic ring is 1. The van der Waals surface area contributed by atoms with Crippen molar-refractivity contribution in [3.05, 3.63) is 75.6 Å². The Morgan fingerprint density at radius 2 is 1.47 bits per heavy atom. The van der Waals surface area contributed by atoms with Crippen molar-refractivity contribution in [3.63, 3.8) is 0 Å². The van der Waals surface area contributed by atoms with Gasteiger partial charge in [-0.3, -0.25) is 18.7 Å². The Balaban J connectivity index is 1.36. The van der Waals surface area contributed by atoms with Crippen LogP contribution >= 0.6 is 30.3 Å². The molecule has 8 atom stereocenters. The molecule has 6 N–H and O–H groups in total. The maximum Gasteiger partial charge on any atom is 0.342 e. The number of esters is 2. The van der Waals surface area contributed by atoms with Gasteiger partial charge in [-0.25, -0.2) is 15.2 Å². The number of carbonyl (C=O) groups is 2. The zero-order chi connectivity index (χ0) is 38.7. The van der Waals surface area contributed by atoms with Gasteiger partial charge in [0, 0.05) is 22.6 Å². The number of hydrogen-bond donors (Lipinski definition) is 5. The number of rotatable bonds is 15. The lowest BCUT2D eigenvalue weighted by molar-refractivity contribution is -0.150. The summed E-state index contributed by atoms with van der Waals surface area (Å²) < 4.78 is 44.8. The van der Waals surface area contributed by atoms with Gasteiger partial charge in [0.25, 0.3) is 0 Å². The highest BCUT2D eigenvalue weighted by atomic mass is 127. The first kappa shape index (κ1) is 40.4. The fourth-order valence-electron chi connectivity index (χ4n) is 5.68. The number of aliphatic hydroxyl groups is 2. The number of fused-ring (bicyclic) bond motifs is 1. The van der Waals surface area contributed by atoms with Crippen LogP contribution in [0.5, 0.6) is 5.88 Å². The molecule has 3 heterocycles. The topological polar surface area (TPSA) is 231 Å². The average Bonchev–Trinajstić information content (AvgIpc) is 3.57. The van der Waals surface area contributed by atoms with Gasteiger partial charge in [-0.1, -0.05) is 60.7 Å². The molecule has 2 aromatic carbocycles. The lowest BCUT2D eigenvalue weighted by atomic mass is 9.96. The highest BCUT2D eigenvalue weighted by molar-refractivity contribution is 14.1. The van der Waals surface area contributed by atoms with Crippen molar-refractivity contribution in [2.24, 2.45) is 0 Å². The Bertz CT molecular complexity index is 1880. The van der Waals surface area contributed by atoms with E-state index in [4.69, 9.17) is 29.2 Å². The van der Waals surface area contributed by atoms with Crippen LogP contribution < -0.4 is 20.6 Å². The van der Waals surface area contributed by atoms with Crippen LogP contribution in [0, 0.1) is 3.83 Å². The molecule has 0 saturated carbocycles. The number of aliphatic hydroxyl groups excluding tert-OH is 1. The second-order valence-corrected chi connectivity index (χ2v) is 15.6. The predicted molar refractivity (Wildman–Crippen MR) is 200 cm³/mol. The summed E-state index contributed by atoms with van der Waals surface area (Å²) in [6.45, 7) is 7.01. The summed E-state index contributed by atoms with van der Waals surface area (Å²) in [6.07, 6.45) is -5.43. The molecule has 0 unspecified atom stereocenters. The van der Waals surface area contributed by atoms with E-state index in [9.17, 15) is 24.4 Å². The Morgan fingerprint density at radius 3 is 1.96 bits per heavy atom. The van der Waals surface area contributed by atoms with Crippen LogP contribution in [0.4, 0.5) is 5.95 Å². The standard InChI is InChI=1S/C34H43IN7O10P/c1-18(29(44)50-20(3)22-13-9-7-10-14-22)40-53(47,41-19(2)30(45)51-21(4)23-15-11-8-12-16-23)49-17-24-26(43)34(5,46)31(52-24)42-27-25(37-32(42)35)28(48-6)39-33(36)38-27/h7-16,18-21,24,26,31,43,46H,17H2,1-6H3,(H2,36,38,39)(H2,40,41,47)/t18-,19-,20-,21-,24+,26+,31+,34+/m0/s1. The number of nitrogens with two attached hydrogens (primary N) is 1. The molecule has 1 aliphatic heterocycles. The molecule has 4 aromatic rings. The number of nitrogens with zero attached hydrogens (tertiary/aromatic N) is 4. The number of hydrogen-bond acceptors (Lipinski definition) is 14. The lowest BCUT2D eigenvalue weighted by Crippen LogP contribution is -2.45. The lowest BCUT2D eigenvalue weighted by Gasteiger charge is -2.28. The van der Waals surface area contributed by atoms with Gasteiger partial charge in [-0.2, -0.15) is 9.97 Å². The third kappa shape index (κ3) is 9.14. The molecule has 286 valence electrons. The molecule has 2 aromatic heterocycles. The van der Waals surface area contributed by atoms with E-state index in [1.165, 1.54) is 32.4 Å². The second-order valence-electron chi connectivity index (χ2n) is 12.7. The number of halogens is 1. The van der Waals surface area contributed by atoms with Gasteiger partial charge < -0.3 is 39.4 Å². The summed E-state index contributed by atoms with van der Waals surface area (Å²) in [5.74, 6) is -1.53. The van der Waals surface area contributed by atoms with Crippen LogP contribution in [0.2, 0.25) is 0 Å². The van der Waals surface area contributed by atoms with Gasteiger partial charge in [-0.15, -0.1) is 0 Å². The van der Waals surface area contributed by atoms with Crippen molar-refractivity contribution in [2.75, 3.05) is 19.5 Å². The fourth-order valence-corrected chi connectivity index (χ4v) is 8.22. The molecule has 0 spiro atoms. The number of imidazole rings is 1. The molecule has 0 aliphatic carbocycles. The molecule has 5 rings (SSSR count). The van der Waals surface area contributed by atoms with Crippen molar-refractivity contribution in [2.45, 2.75) is 82.9 Å². The summed E-state index contributed by atoms with van der Waals surface area (Å²) in [5, 5.41) is 28.2. The summed E-state index contributed by atoms with van der Waals surface area (Å²) in [7, 11) is -2.99. The number of nitrogens with one attached hydrogen (secondary N) is 2. The Kier molecular flexibility index (Phi) is 12.8. The highest BCUT2D eigenvalue weighted by Crippen LogP contribution is 2.45. The molecular formula is C34H43IN7O10P. The van der Waals surface area contributed by atoms with E-state index < -0.39 is 74.5 Å². The van der Waals surface area contributed by atoms with E-state index in [1.54, 1.807) is 38.1 Å². The zero-order valence-electron chi connectivity index (χ0n) is 29.9. The number of methoxy groups -OCH3 is 1. The van der Waals surface area contributed by atoms with E-state index >= 15 is 0 Å². The Morgan fingerprint density at radius 1 is 0.962 bits per heavy atom. The largest absolute Gasteiger partial charge is 0.479 e. The molecule has 19 heteroatoms. The fraction of sp³-hybridized carbons (Fsp3) is 0.441. The monoisotopic (exact) mass is 867 g/mol. The first-order valence-corrected chi connectivity index (χ1v) is 19.4. The molecule has 0 radical (unpaired) electrons. The van der Waals surface area contributed by atoms with Crippen LogP contribution in [0.15, 0.2) is 60.7 Å². The van der Waals surface area contributed by atoms with E-state index in [1.807, 2.05) is 59.0 Å². The number of benzene rings is 2. The average molecular weight is 868 g/mol. The summed E-state index contributed by atoms with van der Waals surface area (Å²) >= 11 is 1.91. The van der Waals surface area contributed by atoms with Gasteiger partial charge in [-0.05, 0) is 45.7 Å². The first-order valence-electron chi connectivity index (χ1n) is 16.7. The molecule has 1 aliphatic rings. The number of ether oxygens (including phenoxy) is 4. The third-order valence-corrected chi connectivity index (χ3v) is 11.4. The zero-order valence-corrected chi connectivity index (χ0v) is 32.9. The van der Waals surface area contributed by atoms with Gasteiger partial charge in [0.05, 0.1) is 13.7 Å². The minimum atomic E-state index is -4.39. The molecule has 53 heavy (non-hydrogen) atoms. The Labute approximate surface area is 319 Å². The minimum Gasteiger partial charge on any atom is -0.479 e. The molecule has 0 amide bonds. The minimum absolute atomic E-state index is 0.0944. The van der Waals surface area contributed by atoms with Crippen LogP contribution in [0.25, 0.3) is 11.2 Å². The molecule has 1 fully saturated rings. The van der Waals surface area contributed by atoms with Gasteiger partial charge in [0.2, 0.25) is 11.8 Å². The van der Waals surface area contributed by atoms with Gasteiger partial charge in [0.1, 0.15) is 42.1 Å². The summed E-state index contributed by atoms with van der Waals surface area (Å²) in [5.41, 5.74) is 5.84. The van der Waals surface area contributed by atoms with E-state index in [0.717, 1.165) is 11.1 Å². The van der Waals surface area contributed by atoms with Gasteiger partial charge >= 0.3 is 19.6 Å². The molecular weight excluding hydrogens is 824 g/mol. The van der Waals surface area contributed by atoms with Crippen LogP contribution in [-0.4, -0.2) is 85.3 Å². The van der Waals surface area contributed by atoms with E-state index in [2.05, 4.69) is 25.1 Å². The number of aromatic nitrogens is 4. The van der Waals surface area contributed by atoms with Crippen molar-refractivity contribution >= 4 is 59.3 Å². The van der Waals surface area contributed by atoms with E-state index in [-0.39, 0.29) is 23.0 Å². The van der Waals surface area contributed by atoms with Crippen molar-refractivity contribution < 1.29 is 47.8 Å². The second kappa shape index (κ2) is 16.7. The molecule has 0 bridgehead atoms. The van der Waals surface area contributed by atoms with Crippen molar-refractivity contribution in [3.8, 4) is 5.88 Å². The van der Waals surface area contributed by atoms with Gasteiger partial charge in [0.15, 0.2) is 21.2 Å². The van der Waals surface area contributed by atoms with E-state index in [0.29, 0.717) is 3.83 Å². The number of carbonyl (C=O) groups excluding carboxylic acids is 2. The summed E-state index contributed by atoms with van der Waals surface area (Å²) in [6, 6.07) is 15.7. The number of anilines is 1. The van der Waals surface area contributed by atoms with Crippen molar-refractivity contribution in [1.82, 2.24) is 29.7 Å². The quantitative estimate of drug-likeness (QED) is 0.0496. The Hall–Kier alpha value is -3.75. The maximum absolute atomic E-state index is 14.5. The smallest absolute Gasteiger partial charge is 0.342 e. The molecule has 17 nitrogen and oxygen atoms in total. The van der Waals surface area contributed by atoms with Crippen LogP contribution in [0.1, 0.15) is 64.2 Å². The van der Waals surface area contributed by atoms with Crippen LogP contribution in [0.3, 0.4) is 0 Å². The highest BCUT2D eigenvalue weighted by Gasteiger charge is 2.55. The van der Waals surface area contributed by atoms with Crippen LogP contribution in [-0.2, 0) is 32.9 Å². The SMILES string of the molecule is COc1nc(N)nc2c1nc(I)n2[C@@H]1O[C@H](COP(=O)(N[C@@H](C)C(=O)O[C@@H](C)c2ccccc2)N[C@@H](C)C(=O)O[C@@H](C)c2ccccc2)[C@@H](O)[C@@]1(C)O. The summed E-state index contributed by atoms with van der Waals surface area (Å²) in [4.78, 5) is 39.1.